The molecule has 2 aromatic heterocycles. The van der Waals surface area contributed by atoms with Crippen molar-refractivity contribution in [3.8, 4) is 11.7 Å². The molecule has 1 aliphatic rings. The number of nitrogen functional groups attached to an aromatic ring is 1. The Labute approximate surface area is 265 Å². The van der Waals surface area contributed by atoms with Gasteiger partial charge in [-0.25, -0.2) is 14.8 Å². The van der Waals surface area contributed by atoms with Gasteiger partial charge in [-0.15, -0.1) is 9.78 Å². The summed E-state index contributed by atoms with van der Waals surface area (Å²) < 4.78 is 7.54. The van der Waals surface area contributed by atoms with Crippen LogP contribution in [0.1, 0.15) is 55.2 Å². The van der Waals surface area contributed by atoms with E-state index in [0.29, 0.717) is 11.4 Å². The van der Waals surface area contributed by atoms with Gasteiger partial charge in [0.1, 0.15) is 23.7 Å². The number of aromatic amines is 1. The molecule has 4 aromatic rings. The number of nitrogens with two attached hydrogens (primary N) is 1. The first-order valence-electron chi connectivity index (χ1n) is 14.4. The van der Waals surface area contributed by atoms with E-state index >= 15 is 0 Å². The number of ether oxygens (including phenoxy) is 1. The zero-order valence-corrected chi connectivity index (χ0v) is 26.1. The molecule has 1 fully saturated rings. The second-order valence-electron chi connectivity index (χ2n) is 10.6. The van der Waals surface area contributed by atoms with E-state index in [1.807, 2.05) is 37.3 Å². The highest BCUT2D eigenvalue weighted by Gasteiger charge is 2.23. The summed E-state index contributed by atoms with van der Waals surface area (Å²) in [5.74, 6) is -0.316. The van der Waals surface area contributed by atoms with Crippen LogP contribution in [0.3, 0.4) is 0 Å². The number of carbonyl (C=O) groups is 2. The van der Waals surface area contributed by atoms with Gasteiger partial charge in [0.25, 0.3) is 17.9 Å². The molecule has 0 amide bonds. The maximum Gasteiger partial charge on any atom is 0.350 e. The van der Waals surface area contributed by atoms with Gasteiger partial charge in [0, 0.05) is 50.6 Å². The van der Waals surface area contributed by atoms with Crippen LogP contribution < -0.4 is 21.5 Å². The molecule has 5 rings (SSSR count). The van der Waals surface area contributed by atoms with Crippen LogP contribution in [-0.2, 0) is 9.59 Å². The number of anilines is 1. The summed E-state index contributed by atoms with van der Waals surface area (Å²) in [7, 11) is 2.13. The summed E-state index contributed by atoms with van der Waals surface area (Å²) in [6.45, 7) is 6.19. The quantitative estimate of drug-likeness (QED) is 0.122. The van der Waals surface area contributed by atoms with Gasteiger partial charge in [0.15, 0.2) is 5.82 Å². The molecular formula is C31H39N9O6. The fourth-order valence-electron chi connectivity index (χ4n) is 4.54. The third kappa shape index (κ3) is 10.9. The van der Waals surface area contributed by atoms with Crippen LogP contribution in [0.15, 0.2) is 65.7 Å². The number of hydrogen-bond acceptors (Lipinski definition) is 10. The highest BCUT2D eigenvalue weighted by atomic mass is 16.5. The first-order valence-corrected chi connectivity index (χ1v) is 14.4. The van der Waals surface area contributed by atoms with Gasteiger partial charge >= 0.3 is 5.69 Å². The fraction of sp³-hybridized carbons (Fsp3) is 0.323. The molecule has 0 radical (unpaired) electrons. The molecule has 1 aliphatic heterocycles. The number of carboxylic acids is 2. The summed E-state index contributed by atoms with van der Waals surface area (Å²) in [5.41, 5.74) is 8.47. The lowest BCUT2D eigenvalue weighted by Crippen LogP contribution is -2.35. The molecule has 0 bridgehead atoms. The maximum atomic E-state index is 12.8. The Morgan fingerprint density at radius 3 is 2.22 bits per heavy atom. The molecule has 1 unspecified atom stereocenters. The minimum absolute atomic E-state index is 0.00610. The van der Waals surface area contributed by atoms with Gasteiger partial charge in [-0.1, -0.05) is 6.07 Å². The lowest BCUT2D eigenvalue weighted by atomic mass is 10.0. The number of nitrogens with one attached hydrogen (secondary N) is 3. The topological polar surface area (TPSA) is 225 Å². The van der Waals surface area contributed by atoms with Gasteiger partial charge in [-0.2, -0.15) is 0 Å². The second-order valence-corrected chi connectivity index (χ2v) is 10.6. The van der Waals surface area contributed by atoms with E-state index in [-0.39, 0.29) is 17.9 Å². The number of aromatic nitrogens is 5. The van der Waals surface area contributed by atoms with Crippen LogP contribution in [0.25, 0.3) is 5.95 Å². The number of H-pyrrole nitrogens is 1. The molecular weight excluding hydrogens is 594 g/mol. The molecule has 0 saturated carbocycles. The van der Waals surface area contributed by atoms with Crippen LogP contribution in [0.4, 0.5) is 5.69 Å². The lowest BCUT2D eigenvalue weighted by Gasteiger charge is -2.29. The Morgan fingerprint density at radius 2 is 1.65 bits per heavy atom. The zero-order valence-electron chi connectivity index (χ0n) is 26.1. The summed E-state index contributed by atoms with van der Waals surface area (Å²) in [5, 5.41) is 30.5. The van der Waals surface area contributed by atoms with Gasteiger partial charge in [-0.05, 0) is 80.4 Å². The van der Waals surface area contributed by atoms with Gasteiger partial charge in [0.2, 0.25) is 0 Å². The minimum atomic E-state index is -0.833. The van der Waals surface area contributed by atoms with Crippen molar-refractivity contribution in [1.29, 1.82) is 5.41 Å². The van der Waals surface area contributed by atoms with Gasteiger partial charge in [0.05, 0.1) is 0 Å². The maximum absolute atomic E-state index is 12.8. The monoisotopic (exact) mass is 633 g/mol. The van der Waals surface area contributed by atoms with Crippen molar-refractivity contribution in [2.24, 2.45) is 5.73 Å². The average molecular weight is 634 g/mol. The molecule has 244 valence electrons. The Morgan fingerprint density at radius 1 is 1.07 bits per heavy atom. The third-order valence-electron chi connectivity index (χ3n) is 6.53. The Bertz CT molecular complexity index is 1640. The van der Waals surface area contributed by atoms with Crippen molar-refractivity contribution in [2.75, 3.05) is 25.5 Å². The Kier molecular flexibility index (Phi) is 12.5. The summed E-state index contributed by atoms with van der Waals surface area (Å²) in [4.78, 5) is 44.3. The first kappa shape index (κ1) is 34.9. The summed E-state index contributed by atoms with van der Waals surface area (Å²) in [6, 6.07) is 14.4. The van der Waals surface area contributed by atoms with E-state index in [1.165, 1.54) is 0 Å². The van der Waals surface area contributed by atoms with Crippen LogP contribution in [0, 0.1) is 12.3 Å². The number of amidine groups is 1. The van der Waals surface area contributed by atoms with Gasteiger partial charge in [-0.3, -0.25) is 20.0 Å². The van der Waals surface area contributed by atoms with E-state index in [0.717, 1.165) is 67.0 Å². The zero-order chi connectivity index (χ0) is 33.8. The Balaban J connectivity index is 0.000000647. The van der Waals surface area contributed by atoms with Crippen molar-refractivity contribution in [1.82, 2.24) is 29.6 Å². The molecule has 2 aromatic carbocycles. The molecule has 0 aliphatic carbocycles. The molecule has 1 saturated heterocycles. The van der Waals surface area contributed by atoms with Crippen LogP contribution in [0.2, 0.25) is 0 Å². The lowest BCUT2D eigenvalue weighted by molar-refractivity contribution is -0.135. The van der Waals surface area contributed by atoms with E-state index in [4.69, 9.17) is 35.7 Å². The molecule has 46 heavy (non-hydrogen) atoms. The molecule has 7 N–H and O–H groups in total. The second kappa shape index (κ2) is 16.5. The van der Waals surface area contributed by atoms with Crippen LogP contribution >= 0.6 is 0 Å². The predicted molar refractivity (Wildman–Crippen MR) is 172 cm³/mol. The molecule has 0 spiro atoms. The van der Waals surface area contributed by atoms with E-state index in [9.17, 15) is 4.79 Å². The SMILES string of the molecule is CC(=O)O.CC(=O)O.Cc1cc(OC2CCN(C)CC2)cc(C(Nc2ccc(C(=N)N)cc2)c2nn(-c3ncccn3)c(=O)[nH]2)c1. The Hall–Kier alpha value is -5.57. The highest BCUT2D eigenvalue weighted by molar-refractivity contribution is 5.95. The van der Waals surface area contributed by atoms with Crippen molar-refractivity contribution >= 4 is 23.5 Å². The first-order chi connectivity index (χ1) is 21.8. The molecule has 1 atom stereocenters. The van der Waals surface area contributed by atoms with Gasteiger partial charge < -0.3 is 30.9 Å². The number of piperidine rings is 1. The van der Waals surface area contributed by atoms with Crippen molar-refractivity contribution in [2.45, 2.75) is 45.8 Å². The highest BCUT2D eigenvalue weighted by Crippen LogP contribution is 2.30. The fourth-order valence-corrected chi connectivity index (χ4v) is 4.54. The third-order valence-corrected chi connectivity index (χ3v) is 6.53. The van der Waals surface area contributed by atoms with Crippen LogP contribution in [-0.4, -0.2) is 83.9 Å². The smallest absolute Gasteiger partial charge is 0.350 e. The standard InChI is InChI=1S/C27H31N9O2.2C2H4O2/c1-17-14-19(16-22(15-17)38-21-8-12-35(2)13-9-21)23(32-20-6-4-18(5-7-20)24(28)29)25-33-27(37)36(34-25)26-30-10-3-11-31-26;2*1-2(3)4/h3-7,10-11,14-16,21,23,32H,8-9,12-13H2,1-2H3,(H3,28,29)(H,33,34,37);2*1H3,(H,3,4). The molecule has 3 heterocycles. The van der Waals surface area contributed by atoms with Crippen molar-refractivity contribution < 1.29 is 24.5 Å². The largest absolute Gasteiger partial charge is 0.490 e. The van der Waals surface area contributed by atoms with E-state index < -0.39 is 23.7 Å². The predicted octanol–water partition coefficient (Wildman–Crippen LogP) is 2.80. The molecule has 15 nitrogen and oxygen atoms in total. The average Bonchev–Trinajstić information content (AvgIpc) is 3.38. The van der Waals surface area contributed by atoms with Crippen molar-refractivity contribution in [3.63, 3.8) is 0 Å². The van der Waals surface area contributed by atoms with Crippen LogP contribution in [0.5, 0.6) is 5.75 Å². The van der Waals surface area contributed by atoms with E-state index in [2.05, 4.69) is 37.3 Å². The van der Waals surface area contributed by atoms with Crippen molar-refractivity contribution in [3.05, 3.63) is 93.9 Å². The van der Waals surface area contributed by atoms with E-state index in [1.54, 1.807) is 30.6 Å². The number of nitrogens with zero attached hydrogens (tertiary/aromatic N) is 5. The minimum Gasteiger partial charge on any atom is -0.490 e. The number of aryl methyl sites for hydroxylation is 1. The number of aliphatic carboxylic acids is 2. The molecule has 15 heteroatoms. The number of hydrogen-bond donors (Lipinski definition) is 6. The number of carboxylic acid groups (broad SMARTS) is 2. The number of likely N-dealkylation sites (tertiary alicyclic amines) is 1. The summed E-state index contributed by atoms with van der Waals surface area (Å²) >= 11 is 0. The summed E-state index contributed by atoms with van der Waals surface area (Å²) in [6.07, 6.45) is 5.21. The number of benzene rings is 2. The normalized spacial score (nSPS) is 13.7. The number of rotatable bonds is 8.